The van der Waals surface area contributed by atoms with Crippen molar-refractivity contribution in [3.05, 3.63) is 38.0 Å². The highest BCUT2D eigenvalue weighted by Crippen LogP contribution is 2.48. The van der Waals surface area contributed by atoms with E-state index in [2.05, 4.69) is 60.2 Å². The molecule has 0 saturated heterocycles. The summed E-state index contributed by atoms with van der Waals surface area (Å²) in [6, 6.07) is 0. The third-order valence-electron chi connectivity index (χ3n) is 11.3. The number of ether oxygens (including phenoxy) is 11. The van der Waals surface area contributed by atoms with Gasteiger partial charge in [-0.25, -0.2) is 64.0 Å². The number of rotatable bonds is 38. The van der Waals surface area contributed by atoms with Crippen molar-refractivity contribution >= 4 is 98.4 Å². The number of hydrogen-bond acceptors (Lipinski definition) is 34. The first-order chi connectivity index (χ1) is 43.1. The molecule has 42 heteroatoms. The van der Waals surface area contributed by atoms with Gasteiger partial charge in [-0.15, -0.1) is 0 Å². The van der Waals surface area contributed by atoms with Gasteiger partial charge in [-0.05, 0) is 76.2 Å². The van der Waals surface area contributed by atoms with Crippen LogP contribution in [0.3, 0.4) is 0 Å². The smallest absolute Gasteiger partial charge is 0.432 e. The molecule has 0 radical (unpaired) electrons. The molecule has 0 aliphatic rings. The Labute approximate surface area is 519 Å². The molecule has 0 aromatic carbocycles. The molecule has 2 unspecified atom stereocenters. The van der Waals surface area contributed by atoms with Crippen LogP contribution in [-0.4, -0.2) is 195 Å². The van der Waals surface area contributed by atoms with Gasteiger partial charge in [0, 0.05) is 0 Å². The van der Waals surface area contributed by atoms with Crippen molar-refractivity contribution in [2.24, 2.45) is 0 Å². The lowest BCUT2D eigenvalue weighted by atomic mass is 10.4. The maximum atomic E-state index is 13.8. The SMILES string of the molecule is CC(C)OC(=O)OCOP(=O)(O)CO[C@H](C)Cn1cnc2c(NCN(CNc3ncnc4c3ncn4C[C@@H](C)OCP(=O)(OCOC(=O)OC(C)C)OCOC(=O)OC(C)C)c3ncnc4c3ncn4C[C@@H](C)OCP(=O)(O)OCOC(=O)OC(C)C)ncnc21. The Morgan fingerprint density at radius 1 is 0.451 bits per heavy atom. The van der Waals surface area contributed by atoms with Crippen molar-refractivity contribution in [3.63, 3.8) is 0 Å². The largest absolute Gasteiger partial charge is 0.510 e. The topological polar surface area (TPSA) is 456 Å². The summed E-state index contributed by atoms with van der Waals surface area (Å²) in [7, 11) is -13.1. The maximum Gasteiger partial charge on any atom is 0.510 e. The van der Waals surface area contributed by atoms with Gasteiger partial charge >= 0.3 is 47.4 Å². The molecule has 6 aromatic rings. The Hall–Kier alpha value is -7.54. The fraction of sp³-hybridized carbons (Fsp3) is 0.612. The van der Waals surface area contributed by atoms with Crippen LogP contribution >= 0.6 is 22.8 Å². The van der Waals surface area contributed by atoms with E-state index in [-0.39, 0.29) is 50.4 Å². The lowest BCUT2D eigenvalue weighted by molar-refractivity contribution is -0.0371. The summed E-state index contributed by atoms with van der Waals surface area (Å²) in [5, 5.41) is 6.59. The predicted molar refractivity (Wildman–Crippen MR) is 314 cm³/mol. The van der Waals surface area contributed by atoms with Crippen LogP contribution in [-0.2, 0) is 104 Å². The first-order valence-electron chi connectivity index (χ1n) is 27.8. The van der Waals surface area contributed by atoms with Gasteiger partial charge in [0.05, 0.1) is 94.7 Å². The lowest BCUT2D eigenvalue weighted by Gasteiger charge is -2.25. The monoisotopic (exact) mass is 1350 g/mol. The summed E-state index contributed by atoms with van der Waals surface area (Å²) in [6.45, 7) is 14.5. The molecule has 504 valence electrons. The maximum absolute atomic E-state index is 13.8. The molecular formula is C49H74N15O24P3. The molecule has 4 N–H and O–H groups in total. The van der Waals surface area contributed by atoms with Gasteiger partial charge in [-0.3, -0.25) is 31.8 Å². The van der Waals surface area contributed by atoms with Crippen molar-refractivity contribution in [1.29, 1.82) is 0 Å². The number of fused-ring (bicyclic) bond motifs is 3. The highest BCUT2D eigenvalue weighted by molar-refractivity contribution is 7.53. The molecular weight excluding hydrogens is 1280 g/mol. The number of imidazole rings is 3. The predicted octanol–water partition coefficient (Wildman–Crippen LogP) is 6.85. The van der Waals surface area contributed by atoms with Gasteiger partial charge in [0.15, 0.2) is 39.9 Å². The van der Waals surface area contributed by atoms with E-state index in [0.29, 0.717) is 33.5 Å². The average molecular weight is 1350 g/mol. The number of carbonyl (C=O) groups is 4. The molecule has 6 rings (SSSR count). The number of nitrogens with zero attached hydrogens (tertiary/aromatic N) is 13. The summed E-state index contributed by atoms with van der Waals surface area (Å²) in [6.07, 6.45) is -2.30. The summed E-state index contributed by atoms with van der Waals surface area (Å²) in [4.78, 5) is 110. The number of carbonyl (C=O) groups excluding carboxylic acids is 4. The quantitative estimate of drug-likeness (QED) is 0.0133. The van der Waals surface area contributed by atoms with Crippen molar-refractivity contribution in [1.82, 2.24) is 58.6 Å². The van der Waals surface area contributed by atoms with Gasteiger partial charge in [-0.2, -0.15) is 0 Å². The molecule has 6 aromatic heterocycles. The van der Waals surface area contributed by atoms with Gasteiger partial charge in [0.1, 0.15) is 49.1 Å². The van der Waals surface area contributed by atoms with Crippen LogP contribution in [0.4, 0.5) is 36.6 Å². The standard InChI is InChI=1S/C49H74N15O24P3/c1-30(2)85-46(65)74-23-81-89(69,70)27-78-34(9)12-61-18-56-37-40(50-15-52-42(37)61)59-21-64(45-39-44(54-17-55-45)63(20-58-39)13-35(10)79-28-90(71,72)82-24-75-47(66)86-31(3)4)22-60-41-38-43(53-16-51-41)62(19-57-38)14-36(11)80-29-91(73,83-25-76-48(67)87-32(5)6)84-26-77-49(68)88-33(7)8/h15-20,30-36H,12-14,21-29H2,1-11H3,(H,69,70)(H,71,72)(H,50,52,59)(H,51,53,60)/t34-,35-,36-/m1/s1. The summed E-state index contributed by atoms with van der Waals surface area (Å²) in [5.74, 6) is 0.818. The van der Waals surface area contributed by atoms with Crippen LogP contribution < -0.4 is 15.5 Å². The Kier molecular flexibility index (Phi) is 27.3. The number of hydrogen-bond donors (Lipinski definition) is 4. The molecule has 6 heterocycles. The van der Waals surface area contributed by atoms with Gasteiger partial charge in [0.2, 0.25) is 27.2 Å². The third-order valence-corrected chi connectivity index (χ3v) is 14.8. The number of anilines is 3. The van der Waals surface area contributed by atoms with E-state index in [4.69, 9.17) is 65.5 Å². The van der Waals surface area contributed by atoms with Crippen LogP contribution in [0.5, 0.6) is 0 Å². The van der Waals surface area contributed by atoms with E-state index >= 15 is 0 Å². The second-order valence-electron chi connectivity index (χ2n) is 20.5. The van der Waals surface area contributed by atoms with Crippen LogP contribution in [0.15, 0.2) is 38.0 Å². The van der Waals surface area contributed by atoms with Crippen molar-refractivity contribution in [2.75, 3.05) is 75.1 Å². The van der Waals surface area contributed by atoms with E-state index in [1.807, 2.05) is 0 Å². The van der Waals surface area contributed by atoms with Crippen molar-refractivity contribution < 1.29 is 113 Å². The minimum atomic E-state index is -4.40. The molecule has 0 bridgehead atoms. The molecule has 0 spiro atoms. The first-order valence-corrected chi connectivity index (χ1v) is 33.0. The second-order valence-corrected chi connectivity index (χ2v) is 26.1. The Morgan fingerprint density at radius 3 is 1.13 bits per heavy atom. The lowest BCUT2D eigenvalue weighted by Crippen LogP contribution is -2.35. The number of nitrogens with one attached hydrogen (secondary N) is 2. The van der Waals surface area contributed by atoms with E-state index in [9.17, 15) is 42.7 Å². The molecule has 0 aliphatic carbocycles. The Morgan fingerprint density at radius 2 is 0.769 bits per heavy atom. The molecule has 0 amide bonds. The Balaban J connectivity index is 1.18. The highest BCUT2D eigenvalue weighted by atomic mass is 31.2. The average Bonchev–Trinajstić information content (AvgIpc) is 1.71. The zero-order chi connectivity index (χ0) is 66.5. The van der Waals surface area contributed by atoms with Gasteiger partial charge in [0.25, 0.3) is 0 Å². The summed E-state index contributed by atoms with van der Waals surface area (Å²) >= 11 is 0. The first kappa shape index (κ1) is 72.5. The zero-order valence-electron chi connectivity index (χ0n) is 51.5. The molecule has 0 saturated carbocycles. The summed E-state index contributed by atoms with van der Waals surface area (Å²) in [5.41, 5.74) is 1.99. The highest BCUT2D eigenvalue weighted by Gasteiger charge is 2.30. The van der Waals surface area contributed by atoms with Gasteiger partial charge in [-0.1, -0.05) is 0 Å². The fourth-order valence-electron chi connectivity index (χ4n) is 7.43. The molecule has 39 nitrogen and oxygen atoms in total. The third kappa shape index (κ3) is 23.9. The van der Waals surface area contributed by atoms with E-state index in [1.54, 1.807) is 94.8 Å². The van der Waals surface area contributed by atoms with Gasteiger partial charge < -0.3 is 91.1 Å². The minimum absolute atomic E-state index is 0.0591. The van der Waals surface area contributed by atoms with E-state index in [1.165, 1.54) is 38.0 Å². The van der Waals surface area contributed by atoms with Crippen molar-refractivity contribution in [2.45, 2.75) is 139 Å². The Bertz CT molecular complexity index is 3470. The van der Waals surface area contributed by atoms with Crippen LogP contribution in [0.2, 0.25) is 0 Å². The molecule has 91 heavy (non-hydrogen) atoms. The zero-order valence-corrected chi connectivity index (χ0v) is 54.2. The molecule has 0 fully saturated rings. The second kappa shape index (κ2) is 34.2. The van der Waals surface area contributed by atoms with Crippen LogP contribution in [0, 0.1) is 0 Å². The molecule has 5 atom stereocenters. The van der Waals surface area contributed by atoms with Crippen molar-refractivity contribution in [3.8, 4) is 0 Å². The van der Waals surface area contributed by atoms with Crippen LogP contribution in [0.1, 0.15) is 76.2 Å². The normalized spacial score (nSPS) is 14.3. The van der Waals surface area contributed by atoms with E-state index in [0.717, 1.165) is 0 Å². The number of aromatic nitrogens is 12. The van der Waals surface area contributed by atoms with Crippen LogP contribution in [0.25, 0.3) is 33.5 Å². The fourth-order valence-corrected chi connectivity index (χ4v) is 9.99. The summed E-state index contributed by atoms with van der Waals surface area (Å²) < 4.78 is 120. The molecule has 0 aliphatic heterocycles. The van der Waals surface area contributed by atoms with E-state index < -0.39 is 136 Å². The minimum Gasteiger partial charge on any atom is -0.432 e.